The number of anilines is 1. The van der Waals surface area contributed by atoms with Gasteiger partial charge in [0.15, 0.2) is 0 Å². The lowest BCUT2D eigenvalue weighted by Crippen LogP contribution is -2.53. The summed E-state index contributed by atoms with van der Waals surface area (Å²) < 4.78 is 5.86. The van der Waals surface area contributed by atoms with Gasteiger partial charge in [0.2, 0.25) is 5.91 Å². The number of ether oxygens (including phenoxy) is 1. The first kappa shape index (κ1) is 17.8. The molecule has 136 valence electrons. The lowest BCUT2D eigenvalue weighted by molar-refractivity contribution is -0.385. The van der Waals surface area contributed by atoms with Gasteiger partial charge in [-0.15, -0.1) is 0 Å². The highest BCUT2D eigenvalue weighted by atomic mass is 16.6. The van der Waals surface area contributed by atoms with Crippen molar-refractivity contribution in [2.45, 2.75) is 51.2 Å². The Balaban J connectivity index is 1.56. The molecule has 1 N–H and O–H groups in total. The van der Waals surface area contributed by atoms with Crippen LogP contribution in [0.2, 0.25) is 0 Å². The van der Waals surface area contributed by atoms with Gasteiger partial charge < -0.3 is 10.1 Å². The van der Waals surface area contributed by atoms with Crippen molar-refractivity contribution < 1.29 is 14.5 Å². The highest BCUT2D eigenvalue weighted by Crippen LogP contribution is 2.29. The number of carbonyl (C=O) groups excluding carboxylic acids is 1. The van der Waals surface area contributed by atoms with Crippen molar-refractivity contribution in [1.29, 1.82) is 0 Å². The normalized spacial score (nSPS) is 23.7. The number of hydrogen-bond acceptors (Lipinski definition) is 5. The number of nitro benzene ring substituents is 1. The van der Waals surface area contributed by atoms with Crippen LogP contribution >= 0.6 is 0 Å². The third-order valence-electron chi connectivity index (χ3n) is 5.25. The molecule has 2 fully saturated rings. The molecule has 3 rings (SSSR count). The number of benzene rings is 1. The highest BCUT2D eigenvalue weighted by Gasteiger charge is 2.34. The van der Waals surface area contributed by atoms with E-state index in [1.807, 2.05) is 0 Å². The summed E-state index contributed by atoms with van der Waals surface area (Å²) in [6, 6.07) is 5.17. The number of carbonyl (C=O) groups is 1. The predicted octanol–water partition coefficient (Wildman–Crippen LogP) is 2.88. The maximum Gasteiger partial charge on any atom is 0.274 e. The predicted molar refractivity (Wildman–Crippen MR) is 94.6 cm³/mol. The molecule has 1 amide bonds. The van der Waals surface area contributed by atoms with E-state index in [9.17, 15) is 14.9 Å². The van der Waals surface area contributed by atoms with Gasteiger partial charge in [0.1, 0.15) is 0 Å². The molecule has 1 saturated carbocycles. The number of nitrogens with zero attached hydrogens (tertiary/aromatic N) is 2. The molecule has 1 saturated heterocycles. The number of nitro groups is 1. The first-order valence-electron chi connectivity index (χ1n) is 8.96. The number of nitrogens with one attached hydrogen (secondary N) is 1. The van der Waals surface area contributed by atoms with Gasteiger partial charge in [0.05, 0.1) is 28.9 Å². The Labute approximate surface area is 147 Å². The quantitative estimate of drug-likeness (QED) is 0.654. The van der Waals surface area contributed by atoms with Crippen molar-refractivity contribution in [2.24, 2.45) is 0 Å². The molecule has 0 unspecified atom stereocenters. The number of morpholine rings is 1. The molecule has 2 atom stereocenters. The number of fused-ring (bicyclic) bond motifs is 1. The Hall–Kier alpha value is -1.99. The number of amides is 1. The van der Waals surface area contributed by atoms with Gasteiger partial charge in [-0.2, -0.15) is 0 Å². The van der Waals surface area contributed by atoms with Gasteiger partial charge in [-0.25, -0.2) is 0 Å². The fraction of sp³-hybridized carbons (Fsp3) is 0.611. The van der Waals surface area contributed by atoms with E-state index in [1.54, 1.807) is 19.1 Å². The minimum absolute atomic E-state index is 0.0241. The molecule has 25 heavy (non-hydrogen) atoms. The summed E-state index contributed by atoms with van der Waals surface area (Å²) in [5, 5.41) is 13.8. The molecule has 0 aromatic heterocycles. The lowest BCUT2D eigenvalue weighted by atomic mass is 9.90. The molecular weight excluding hydrogens is 322 g/mol. The minimum atomic E-state index is -0.429. The molecular formula is C18H25N3O4. The van der Waals surface area contributed by atoms with E-state index < -0.39 is 4.92 Å². The molecule has 0 radical (unpaired) electrons. The van der Waals surface area contributed by atoms with Crippen molar-refractivity contribution >= 4 is 17.3 Å². The molecule has 1 aliphatic heterocycles. The van der Waals surface area contributed by atoms with E-state index in [0.717, 1.165) is 26.0 Å². The molecule has 1 aliphatic carbocycles. The second-order valence-corrected chi connectivity index (χ2v) is 6.80. The summed E-state index contributed by atoms with van der Waals surface area (Å²) in [7, 11) is 0. The van der Waals surface area contributed by atoms with Gasteiger partial charge in [0.25, 0.3) is 5.69 Å². The van der Waals surface area contributed by atoms with Gasteiger partial charge in [0, 0.05) is 31.6 Å². The molecule has 2 aliphatic rings. The molecule has 0 spiro atoms. The second-order valence-electron chi connectivity index (χ2n) is 6.80. The van der Waals surface area contributed by atoms with Crippen LogP contribution in [0.4, 0.5) is 11.4 Å². The van der Waals surface area contributed by atoms with E-state index in [1.165, 1.54) is 18.9 Å². The largest absolute Gasteiger partial charge is 0.375 e. The van der Waals surface area contributed by atoms with Crippen LogP contribution in [0.1, 0.15) is 37.7 Å². The van der Waals surface area contributed by atoms with E-state index in [-0.39, 0.29) is 11.6 Å². The molecule has 0 bridgehead atoms. The Morgan fingerprint density at radius 1 is 1.40 bits per heavy atom. The highest BCUT2D eigenvalue weighted by molar-refractivity contribution is 5.92. The van der Waals surface area contributed by atoms with Crippen molar-refractivity contribution in [3.8, 4) is 0 Å². The van der Waals surface area contributed by atoms with Crippen molar-refractivity contribution in [3.63, 3.8) is 0 Å². The first-order chi connectivity index (χ1) is 12.1. The van der Waals surface area contributed by atoms with Gasteiger partial charge in [-0.05, 0) is 25.8 Å². The monoisotopic (exact) mass is 347 g/mol. The summed E-state index contributed by atoms with van der Waals surface area (Å²) in [6.45, 7) is 3.95. The average molecular weight is 347 g/mol. The van der Waals surface area contributed by atoms with Gasteiger partial charge in [-0.3, -0.25) is 19.8 Å². The fourth-order valence-electron chi connectivity index (χ4n) is 3.87. The van der Waals surface area contributed by atoms with Crippen LogP contribution in [0.5, 0.6) is 0 Å². The maximum absolute atomic E-state index is 12.3. The second kappa shape index (κ2) is 7.93. The molecule has 7 heteroatoms. The summed E-state index contributed by atoms with van der Waals surface area (Å²) >= 11 is 0. The standard InChI is InChI=1S/C18H25N3O4/c1-13-14(5-4-7-15(13)21(23)24)19-18(22)9-10-20-11-12-25-17-8-3-2-6-16(17)20/h4-5,7,16-17H,2-3,6,8-12H2,1H3,(H,19,22)/t16-,17-/m0/s1. The summed E-state index contributed by atoms with van der Waals surface area (Å²) in [6.07, 6.45) is 5.38. The third kappa shape index (κ3) is 4.16. The zero-order valence-electron chi connectivity index (χ0n) is 14.6. The van der Waals surface area contributed by atoms with Crippen molar-refractivity contribution in [3.05, 3.63) is 33.9 Å². The zero-order valence-corrected chi connectivity index (χ0v) is 14.6. The van der Waals surface area contributed by atoms with Gasteiger partial charge >= 0.3 is 0 Å². The molecule has 7 nitrogen and oxygen atoms in total. The van der Waals surface area contributed by atoms with Crippen LogP contribution in [0.3, 0.4) is 0 Å². The summed E-state index contributed by atoms with van der Waals surface area (Å²) in [4.78, 5) is 25.2. The SMILES string of the molecule is Cc1c(NC(=O)CCN2CCO[C@H]3CCCC[C@@H]32)cccc1[N+](=O)[O-]. The fourth-order valence-corrected chi connectivity index (χ4v) is 3.87. The van der Waals surface area contributed by atoms with E-state index in [2.05, 4.69) is 10.2 Å². The van der Waals surface area contributed by atoms with Gasteiger partial charge in [-0.1, -0.05) is 18.9 Å². The topological polar surface area (TPSA) is 84.7 Å². The Morgan fingerprint density at radius 3 is 3.00 bits per heavy atom. The van der Waals surface area contributed by atoms with Crippen LogP contribution in [-0.2, 0) is 9.53 Å². The average Bonchev–Trinajstić information content (AvgIpc) is 2.61. The summed E-state index contributed by atoms with van der Waals surface area (Å²) in [5.74, 6) is -0.109. The molecule has 1 heterocycles. The zero-order chi connectivity index (χ0) is 17.8. The lowest BCUT2D eigenvalue weighted by Gasteiger charge is -2.43. The van der Waals surface area contributed by atoms with Crippen LogP contribution in [-0.4, -0.2) is 47.6 Å². The first-order valence-corrected chi connectivity index (χ1v) is 8.96. The van der Waals surface area contributed by atoms with E-state index >= 15 is 0 Å². The van der Waals surface area contributed by atoms with Crippen molar-refractivity contribution in [2.75, 3.05) is 25.0 Å². The van der Waals surface area contributed by atoms with Crippen LogP contribution in [0.15, 0.2) is 18.2 Å². The molecule has 1 aromatic rings. The van der Waals surface area contributed by atoms with Crippen LogP contribution in [0, 0.1) is 17.0 Å². The molecule has 1 aromatic carbocycles. The Morgan fingerprint density at radius 2 is 2.20 bits per heavy atom. The van der Waals surface area contributed by atoms with Crippen molar-refractivity contribution in [1.82, 2.24) is 4.90 Å². The Bertz CT molecular complexity index is 647. The number of hydrogen-bond donors (Lipinski definition) is 1. The third-order valence-corrected chi connectivity index (χ3v) is 5.25. The van der Waals surface area contributed by atoms with E-state index in [0.29, 0.717) is 36.4 Å². The minimum Gasteiger partial charge on any atom is -0.375 e. The van der Waals surface area contributed by atoms with Crippen LogP contribution < -0.4 is 5.32 Å². The summed E-state index contributed by atoms with van der Waals surface area (Å²) in [5.41, 5.74) is 1.02. The van der Waals surface area contributed by atoms with Crippen LogP contribution in [0.25, 0.3) is 0 Å². The smallest absolute Gasteiger partial charge is 0.274 e. The maximum atomic E-state index is 12.3. The number of rotatable bonds is 5. The van der Waals surface area contributed by atoms with E-state index in [4.69, 9.17) is 4.74 Å². The Kier molecular flexibility index (Phi) is 5.65.